The van der Waals surface area contributed by atoms with E-state index in [4.69, 9.17) is 21.1 Å². The van der Waals surface area contributed by atoms with Gasteiger partial charge in [0, 0.05) is 12.5 Å². The molecule has 8 heteroatoms. The van der Waals surface area contributed by atoms with E-state index in [1.807, 2.05) is 57.7 Å². The highest BCUT2D eigenvalue weighted by Crippen LogP contribution is 2.41. The van der Waals surface area contributed by atoms with Gasteiger partial charge < -0.3 is 14.8 Å². The Hall–Kier alpha value is -2.54. The summed E-state index contributed by atoms with van der Waals surface area (Å²) in [5.74, 6) is 1.16. The first kappa shape index (κ1) is 21.7. The van der Waals surface area contributed by atoms with E-state index in [1.165, 1.54) is 6.33 Å². The molecular formula is C23H29ClN4O3. The topological polar surface area (TPSA) is 76.6 Å². The van der Waals surface area contributed by atoms with Crippen LogP contribution in [0.3, 0.4) is 0 Å². The SMILES string of the molecule is Cc1ccc(Nc2ncnc(O[C@H]3CC4CCC3N4C(=O)OC(C)(C)C)c2C)c(Cl)c1. The summed E-state index contributed by atoms with van der Waals surface area (Å²) in [6.45, 7) is 9.56. The highest BCUT2D eigenvalue weighted by atomic mass is 35.5. The molecule has 166 valence electrons. The Morgan fingerprint density at radius 2 is 2.00 bits per heavy atom. The number of aromatic nitrogens is 2. The Morgan fingerprint density at radius 3 is 2.71 bits per heavy atom. The third kappa shape index (κ3) is 4.56. The van der Waals surface area contributed by atoms with Gasteiger partial charge in [0.2, 0.25) is 5.88 Å². The molecule has 1 aromatic heterocycles. The molecule has 2 fully saturated rings. The van der Waals surface area contributed by atoms with Crippen LogP contribution >= 0.6 is 11.6 Å². The maximum Gasteiger partial charge on any atom is 0.410 e. The van der Waals surface area contributed by atoms with Crippen molar-refractivity contribution in [2.45, 2.75) is 77.7 Å². The highest BCUT2D eigenvalue weighted by molar-refractivity contribution is 6.33. The van der Waals surface area contributed by atoms with Crippen LogP contribution in [0.5, 0.6) is 5.88 Å². The Balaban J connectivity index is 1.49. The van der Waals surface area contributed by atoms with Crippen molar-refractivity contribution in [2.75, 3.05) is 5.32 Å². The highest BCUT2D eigenvalue weighted by Gasteiger charge is 2.51. The molecule has 2 aliphatic heterocycles. The van der Waals surface area contributed by atoms with Gasteiger partial charge in [-0.1, -0.05) is 17.7 Å². The van der Waals surface area contributed by atoms with Gasteiger partial charge in [-0.2, -0.15) is 0 Å². The summed E-state index contributed by atoms with van der Waals surface area (Å²) >= 11 is 6.36. The fraction of sp³-hybridized carbons (Fsp3) is 0.522. The van der Waals surface area contributed by atoms with Crippen LogP contribution in [-0.4, -0.2) is 44.7 Å². The van der Waals surface area contributed by atoms with Crippen molar-refractivity contribution in [2.24, 2.45) is 0 Å². The standard InChI is InChI=1S/C23H29ClN4O3/c1-13-6-8-17(16(24)10-13)27-20-14(2)21(26-12-25-20)30-19-11-15-7-9-18(19)28(15)22(29)31-23(3,4)5/h6,8,10,12,15,18-19H,7,9,11H2,1-5H3,(H,25,26,27)/t15?,18?,19-/m0/s1. The number of halogens is 1. The quantitative estimate of drug-likeness (QED) is 0.679. The Bertz CT molecular complexity index is 991. The van der Waals surface area contributed by atoms with Crippen LogP contribution in [0.2, 0.25) is 5.02 Å². The number of ether oxygens (including phenoxy) is 2. The monoisotopic (exact) mass is 444 g/mol. The second-order valence-electron chi connectivity index (χ2n) is 9.34. The van der Waals surface area contributed by atoms with E-state index in [-0.39, 0.29) is 24.3 Å². The minimum atomic E-state index is -0.517. The normalized spacial score (nSPS) is 22.5. The molecule has 0 saturated carbocycles. The maximum atomic E-state index is 12.7. The number of nitrogens with one attached hydrogen (secondary N) is 1. The van der Waals surface area contributed by atoms with Crippen molar-refractivity contribution in [3.05, 3.63) is 40.7 Å². The van der Waals surface area contributed by atoms with E-state index >= 15 is 0 Å². The van der Waals surface area contributed by atoms with Crippen LogP contribution < -0.4 is 10.1 Å². The molecular weight excluding hydrogens is 416 g/mol. The summed E-state index contributed by atoms with van der Waals surface area (Å²) < 4.78 is 11.9. The van der Waals surface area contributed by atoms with Gasteiger partial charge in [-0.25, -0.2) is 14.8 Å². The lowest BCUT2D eigenvalue weighted by atomic mass is 9.98. The minimum Gasteiger partial charge on any atom is -0.472 e. The summed E-state index contributed by atoms with van der Waals surface area (Å²) in [6.07, 6.45) is 3.76. The summed E-state index contributed by atoms with van der Waals surface area (Å²) in [5, 5.41) is 3.90. The molecule has 0 spiro atoms. The number of anilines is 2. The number of hydrogen-bond acceptors (Lipinski definition) is 6. The molecule has 3 atom stereocenters. The molecule has 1 N–H and O–H groups in total. The summed E-state index contributed by atoms with van der Waals surface area (Å²) in [5.41, 5.74) is 2.14. The van der Waals surface area contributed by atoms with Crippen LogP contribution in [-0.2, 0) is 4.74 Å². The van der Waals surface area contributed by atoms with Crippen LogP contribution in [0, 0.1) is 13.8 Å². The van der Waals surface area contributed by atoms with Crippen molar-refractivity contribution in [1.29, 1.82) is 0 Å². The molecule has 3 heterocycles. The van der Waals surface area contributed by atoms with Crippen molar-refractivity contribution >= 4 is 29.2 Å². The van der Waals surface area contributed by atoms with E-state index in [0.29, 0.717) is 16.7 Å². The van der Waals surface area contributed by atoms with Crippen molar-refractivity contribution in [3.8, 4) is 5.88 Å². The lowest BCUT2D eigenvalue weighted by molar-refractivity contribution is 0.0180. The van der Waals surface area contributed by atoms with Gasteiger partial charge in [-0.3, -0.25) is 4.90 Å². The number of rotatable bonds is 4. The zero-order valence-corrected chi connectivity index (χ0v) is 19.4. The third-order valence-electron chi connectivity index (χ3n) is 5.76. The van der Waals surface area contributed by atoms with Gasteiger partial charge in [0.05, 0.1) is 22.3 Å². The van der Waals surface area contributed by atoms with E-state index in [0.717, 1.165) is 36.1 Å². The number of amides is 1. The predicted octanol–water partition coefficient (Wildman–Crippen LogP) is 5.41. The number of nitrogens with zero attached hydrogens (tertiary/aromatic N) is 3. The van der Waals surface area contributed by atoms with Crippen molar-refractivity contribution in [1.82, 2.24) is 14.9 Å². The molecule has 7 nitrogen and oxygen atoms in total. The fourth-order valence-electron chi connectivity index (χ4n) is 4.33. The van der Waals surface area contributed by atoms with Crippen LogP contribution in [0.1, 0.15) is 51.2 Å². The molecule has 2 saturated heterocycles. The smallest absolute Gasteiger partial charge is 0.410 e. The average molecular weight is 445 g/mol. The van der Waals surface area contributed by atoms with Crippen LogP contribution in [0.4, 0.5) is 16.3 Å². The summed E-state index contributed by atoms with van der Waals surface area (Å²) in [6, 6.07) is 5.96. The van der Waals surface area contributed by atoms with E-state index in [1.54, 1.807) is 0 Å². The molecule has 2 bridgehead atoms. The van der Waals surface area contributed by atoms with Crippen molar-refractivity contribution < 1.29 is 14.3 Å². The zero-order valence-electron chi connectivity index (χ0n) is 18.6. The second kappa shape index (κ2) is 8.19. The first-order chi connectivity index (χ1) is 14.6. The fourth-order valence-corrected chi connectivity index (χ4v) is 4.61. The lowest BCUT2D eigenvalue weighted by Crippen LogP contribution is -2.42. The first-order valence-corrected chi connectivity index (χ1v) is 11.0. The second-order valence-corrected chi connectivity index (χ2v) is 9.75. The molecule has 2 unspecified atom stereocenters. The van der Waals surface area contributed by atoms with Gasteiger partial charge in [0.15, 0.2) is 0 Å². The third-order valence-corrected chi connectivity index (χ3v) is 6.08. The Morgan fingerprint density at radius 1 is 1.23 bits per heavy atom. The van der Waals surface area contributed by atoms with Crippen LogP contribution in [0.15, 0.2) is 24.5 Å². The number of benzene rings is 1. The molecule has 1 aromatic carbocycles. The lowest BCUT2D eigenvalue weighted by Gasteiger charge is -2.28. The Labute approximate surface area is 188 Å². The molecule has 2 aliphatic rings. The summed E-state index contributed by atoms with van der Waals surface area (Å²) in [4.78, 5) is 23.3. The number of hydrogen-bond donors (Lipinski definition) is 1. The van der Waals surface area contributed by atoms with Crippen molar-refractivity contribution in [3.63, 3.8) is 0 Å². The average Bonchev–Trinajstić information content (AvgIpc) is 3.23. The maximum absolute atomic E-state index is 12.7. The van der Waals surface area contributed by atoms with Gasteiger partial charge in [0.1, 0.15) is 23.9 Å². The van der Waals surface area contributed by atoms with Gasteiger partial charge in [0.25, 0.3) is 0 Å². The number of carbonyl (C=O) groups is 1. The van der Waals surface area contributed by atoms with E-state index < -0.39 is 5.60 Å². The number of aryl methyl sites for hydroxylation is 1. The Kier molecular flexibility index (Phi) is 5.73. The largest absolute Gasteiger partial charge is 0.472 e. The molecule has 1 amide bonds. The molecule has 2 aromatic rings. The van der Waals surface area contributed by atoms with E-state index in [9.17, 15) is 4.79 Å². The zero-order chi connectivity index (χ0) is 22.3. The molecule has 4 rings (SSSR count). The minimum absolute atomic E-state index is 0.00262. The molecule has 31 heavy (non-hydrogen) atoms. The van der Waals surface area contributed by atoms with Gasteiger partial charge in [-0.15, -0.1) is 0 Å². The summed E-state index contributed by atoms with van der Waals surface area (Å²) in [7, 11) is 0. The first-order valence-electron chi connectivity index (χ1n) is 10.6. The van der Waals surface area contributed by atoms with Gasteiger partial charge >= 0.3 is 6.09 Å². The van der Waals surface area contributed by atoms with Gasteiger partial charge in [-0.05, 0) is 65.2 Å². The van der Waals surface area contributed by atoms with Crippen LogP contribution in [0.25, 0.3) is 0 Å². The number of fused-ring (bicyclic) bond motifs is 2. The molecule has 0 radical (unpaired) electrons. The predicted molar refractivity (Wildman–Crippen MR) is 120 cm³/mol. The molecule has 0 aliphatic carbocycles. The number of carbonyl (C=O) groups excluding carboxylic acids is 1. The van der Waals surface area contributed by atoms with E-state index in [2.05, 4.69) is 15.3 Å².